The number of benzene rings is 1. The maximum Gasteiger partial charge on any atom is 0.137 e. The highest BCUT2D eigenvalue weighted by Crippen LogP contribution is 2.13. The number of carbonyl (C=O) groups is 1. The molecule has 0 spiro atoms. The van der Waals surface area contributed by atoms with Gasteiger partial charge in [-0.3, -0.25) is 4.79 Å². The van der Waals surface area contributed by atoms with Gasteiger partial charge in [-0.2, -0.15) is 0 Å². The predicted octanol–water partition coefficient (Wildman–Crippen LogP) is 5.22. The van der Waals surface area contributed by atoms with E-state index in [1.165, 1.54) is 25.7 Å². The van der Waals surface area contributed by atoms with E-state index in [4.69, 9.17) is 0 Å². The van der Waals surface area contributed by atoms with Crippen LogP contribution in [0.4, 0.5) is 8.78 Å². The quantitative estimate of drug-likeness (QED) is 0.538. The first-order valence-electron chi connectivity index (χ1n) is 7.59. The Hall–Kier alpha value is -1.25. The molecule has 112 valence electrons. The van der Waals surface area contributed by atoms with Crippen LogP contribution in [0.25, 0.3) is 0 Å². The summed E-state index contributed by atoms with van der Waals surface area (Å²) in [5.41, 5.74) is 0.165. The summed E-state index contributed by atoms with van der Waals surface area (Å²) in [4.78, 5) is 11.7. The van der Waals surface area contributed by atoms with Crippen molar-refractivity contribution in [3.05, 3.63) is 35.4 Å². The molecule has 0 amide bonds. The topological polar surface area (TPSA) is 17.1 Å². The van der Waals surface area contributed by atoms with Gasteiger partial charge < -0.3 is 0 Å². The van der Waals surface area contributed by atoms with Crippen molar-refractivity contribution in [1.29, 1.82) is 0 Å². The molecule has 0 aliphatic heterocycles. The molecule has 0 radical (unpaired) electrons. The Kier molecular flexibility index (Phi) is 8.08. The molecule has 1 rings (SSSR count). The molecule has 0 atom stereocenters. The third-order valence-corrected chi connectivity index (χ3v) is 3.45. The van der Waals surface area contributed by atoms with Gasteiger partial charge in [-0.25, -0.2) is 8.78 Å². The van der Waals surface area contributed by atoms with Crippen LogP contribution in [0.1, 0.15) is 63.9 Å². The molecule has 0 heterocycles. The average molecular weight is 282 g/mol. The van der Waals surface area contributed by atoms with Gasteiger partial charge in [-0.15, -0.1) is 0 Å². The molecule has 0 aliphatic carbocycles. The molecule has 1 aromatic carbocycles. The fraction of sp³-hybridized carbons (Fsp3) is 0.588. The second kappa shape index (κ2) is 9.62. The molecule has 20 heavy (non-hydrogen) atoms. The summed E-state index contributed by atoms with van der Waals surface area (Å²) in [7, 11) is 0. The van der Waals surface area contributed by atoms with Crippen molar-refractivity contribution < 1.29 is 13.6 Å². The molecule has 0 saturated heterocycles. The average Bonchev–Trinajstić information content (AvgIpc) is 2.42. The smallest absolute Gasteiger partial charge is 0.137 e. The molecule has 0 N–H and O–H groups in total. The van der Waals surface area contributed by atoms with E-state index in [1.54, 1.807) is 0 Å². The van der Waals surface area contributed by atoms with Crippen molar-refractivity contribution in [2.75, 3.05) is 0 Å². The predicted molar refractivity (Wildman–Crippen MR) is 77.7 cm³/mol. The number of carbonyl (C=O) groups excluding carboxylic acids is 1. The second-order valence-electron chi connectivity index (χ2n) is 5.32. The van der Waals surface area contributed by atoms with Crippen LogP contribution in [0.15, 0.2) is 18.2 Å². The molecule has 0 aromatic heterocycles. The highest BCUT2D eigenvalue weighted by molar-refractivity contribution is 5.80. The lowest BCUT2D eigenvalue weighted by atomic mass is 10.0. The molecular formula is C17H24F2O. The summed E-state index contributed by atoms with van der Waals surface area (Å²) in [6, 6.07) is 3.25. The molecule has 3 heteroatoms. The van der Waals surface area contributed by atoms with Crippen LogP contribution >= 0.6 is 0 Å². The van der Waals surface area contributed by atoms with E-state index >= 15 is 0 Å². The van der Waals surface area contributed by atoms with Crippen molar-refractivity contribution in [2.45, 2.75) is 64.7 Å². The number of halogens is 2. The summed E-state index contributed by atoms with van der Waals surface area (Å²) in [6.45, 7) is 2.18. The minimum absolute atomic E-state index is 0.000567. The standard InChI is InChI=1S/C17H24F2O/c1-2-3-4-5-6-7-8-9-16(20)13-14-12-15(18)10-11-17(14)19/h10-12H,2-9,13H2,1H3. The van der Waals surface area contributed by atoms with Gasteiger partial charge in [-0.1, -0.05) is 45.4 Å². The number of hydrogen-bond acceptors (Lipinski definition) is 1. The fourth-order valence-electron chi connectivity index (χ4n) is 2.26. The molecule has 0 saturated carbocycles. The minimum Gasteiger partial charge on any atom is -0.299 e. The SMILES string of the molecule is CCCCCCCCCC(=O)Cc1cc(F)ccc1F. The Morgan fingerprint density at radius 1 is 1.00 bits per heavy atom. The van der Waals surface area contributed by atoms with Crippen LogP contribution in [0.5, 0.6) is 0 Å². The Bertz CT molecular complexity index is 415. The van der Waals surface area contributed by atoms with E-state index in [0.29, 0.717) is 6.42 Å². The van der Waals surface area contributed by atoms with E-state index in [2.05, 4.69) is 6.92 Å². The number of hydrogen-bond donors (Lipinski definition) is 0. The van der Waals surface area contributed by atoms with E-state index in [1.807, 2.05) is 0 Å². The molecule has 0 bridgehead atoms. The van der Waals surface area contributed by atoms with Gasteiger partial charge in [0.15, 0.2) is 0 Å². The molecule has 0 unspecified atom stereocenters. The summed E-state index contributed by atoms with van der Waals surface area (Å²) < 4.78 is 26.3. The first-order valence-corrected chi connectivity index (χ1v) is 7.59. The summed E-state index contributed by atoms with van der Waals surface area (Å²) in [5.74, 6) is -1.01. The largest absolute Gasteiger partial charge is 0.299 e. The third-order valence-electron chi connectivity index (χ3n) is 3.45. The van der Waals surface area contributed by atoms with Crippen molar-refractivity contribution in [1.82, 2.24) is 0 Å². The van der Waals surface area contributed by atoms with Crippen LogP contribution < -0.4 is 0 Å². The van der Waals surface area contributed by atoms with E-state index < -0.39 is 11.6 Å². The van der Waals surface area contributed by atoms with Crippen LogP contribution in [0, 0.1) is 11.6 Å². The minimum atomic E-state index is -0.501. The normalized spacial score (nSPS) is 10.8. The van der Waals surface area contributed by atoms with Crippen LogP contribution in [-0.2, 0) is 11.2 Å². The number of ketones is 1. The molecule has 0 fully saturated rings. The third kappa shape index (κ3) is 6.78. The summed E-state index contributed by atoms with van der Waals surface area (Å²) in [6.07, 6.45) is 8.50. The van der Waals surface area contributed by atoms with Crippen molar-refractivity contribution in [3.63, 3.8) is 0 Å². The molecule has 0 aliphatic rings. The van der Waals surface area contributed by atoms with E-state index in [9.17, 15) is 13.6 Å². The highest BCUT2D eigenvalue weighted by atomic mass is 19.1. The van der Waals surface area contributed by atoms with Gasteiger partial charge in [0, 0.05) is 12.8 Å². The molecular weight excluding hydrogens is 258 g/mol. The van der Waals surface area contributed by atoms with Gasteiger partial charge in [0.2, 0.25) is 0 Å². The van der Waals surface area contributed by atoms with Crippen LogP contribution in [0.3, 0.4) is 0 Å². The monoisotopic (exact) mass is 282 g/mol. The van der Waals surface area contributed by atoms with Gasteiger partial charge in [0.25, 0.3) is 0 Å². The van der Waals surface area contributed by atoms with Crippen molar-refractivity contribution >= 4 is 5.78 Å². The lowest BCUT2D eigenvalue weighted by molar-refractivity contribution is -0.118. The van der Waals surface area contributed by atoms with Gasteiger partial charge in [0.05, 0.1) is 0 Å². The fourth-order valence-corrected chi connectivity index (χ4v) is 2.26. The van der Waals surface area contributed by atoms with Crippen molar-refractivity contribution in [3.8, 4) is 0 Å². The van der Waals surface area contributed by atoms with Gasteiger partial charge >= 0.3 is 0 Å². The maximum atomic E-state index is 13.4. The lowest BCUT2D eigenvalue weighted by Crippen LogP contribution is -2.05. The Balaban J connectivity index is 2.19. The van der Waals surface area contributed by atoms with E-state index in [-0.39, 0.29) is 17.8 Å². The van der Waals surface area contributed by atoms with Gasteiger partial charge in [-0.05, 0) is 30.2 Å². The Morgan fingerprint density at radius 3 is 2.35 bits per heavy atom. The highest BCUT2D eigenvalue weighted by Gasteiger charge is 2.09. The van der Waals surface area contributed by atoms with Gasteiger partial charge in [0.1, 0.15) is 17.4 Å². The number of rotatable bonds is 10. The first kappa shape index (κ1) is 16.8. The molecule has 1 aromatic rings. The maximum absolute atomic E-state index is 13.4. The second-order valence-corrected chi connectivity index (χ2v) is 5.32. The van der Waals surface area contributed by atoms with E-state index in [0.717, 1.165) is 37.5 Å². The Labute approximate surface area is 120 Å². The summed E-state index contributed by atoms with van der Waals surface area (Å²) >= 11 is 0. The Morgan fingerprint density at radius 2 is 1.65 bits per heavy atom. The lowest BCUT2D eigenvalue weighted by Gasteiger charge is -2.04. The molecule has 1 nitrogen and oxygen atoms in total. The zero-order valence-corrected chi connectivity index (χ0v) is 12.3. The zero-order chi connectivity index (χ0) is 14.8. The summed E-state index contributed by atoms with van der Waals surface area (Å²) in [5, 5.41) is 0. The van der Waals surface area contributed by atoms with Crippen molar-refractivity contribution in [2.24, 2.45) is 0 Å². The first-order chi connectivity index (χ1) is 9.63. The van der Waals surface area contributed by atoms with Crippen LogP contribution in [-0.4, -0.2) is 5.78 Å². The number of unbranched alkanes of at least 4 members (excludes halogenated alkanes) is 6. The van der Waals surface area contributed by atoms with Crippen LogP contribution in [0.2, 0.25) is 0 Å². The zero-order valence-electron chi connectivity index (χ0n) is 12.3. The number of Topliss-reactive ketones (excluding diaryl/α,β-unsaturated/α-hetero) is 1.